The van der Waals surface area contributed by atoms with Crippen molar-refractivity contribution in [3.8, 4) is 11.5 Å². The van der Waals surface area contributed by atoms with E-state index in [1.54, 1.807) is 42.5 Å². The van der Waals surface area contributed by atoms with Crippen molar-refractivity contribution in [2.75, 3.05) is 11.5 Å². The minimum atomic E-state index is -0.828. The molecule has 0 aliphatic carbocycles. The third kappa shape index (κ3) is 5.84. The fourth-order valence-corrected chi connectivity index (χ4v) is 4.59. The first kappa shape index (κ1) is 27.0. The molecule has 0 atom stereocenters. The molecular weight excluding hydrogens is 528 g/mol. The summed E-state index contributed by atoms with van der Waals surface area (Å²) in [7, 11) is 0. The molecule has 0 bridgehead atoms. The third-order valence-corrected chi connectivity index (χ3v) is 6.73. The number of imide groups is 2. The van der Waals surface area contributed by atoms with Crippen molar-refractivity contribution in [2.45, 2.75) is 26.4 Å². The van der Waals surface area contributed by atoms with Crippen molar-refractivity contribution >= 4 is 52.0 Å². The Morgan fingerprint density at radius 3 is 2.48 bits per heavy atom. The maximum Gasteiger partial charge on any atom is 0.335 e. The Kier molecular flexibility index (Phi) is 8.12. The van der Waals surface area contributed by atoms with Gasteiger partial charge in [-0.05, 0) is 71.3 Å². The van der Waals surface area contributed by atoms with Gasteiger partial charge in [-0.1, -0.05) is 67.4 Å². The number of hydrogen-bond acceptors (Lipinski definition) is 5. The van der Waals surface area contributed by atoms with Crippen LogP contribution in [0.25, 0.3) is 16.8 Å². The van der Waals surface area contributed by atoms with E-state index in [4.69, 9.17) is 21.1 Å². The maximum absolute atomic E-state index is 13.4. The summed E-state index contributed by atoms with van der Waals surface area (Å²) in [6.07, 6.45) is 3.32. The number of barbiturate groups is 1. The number of ether oxygens (including phenoxy) is 2. The molecule has 8 heteroatoms. The number of carbonyl (C=O) groups excluding carboxylic acids is 3. The van der Waals surface area contributed by atoms with Gasteiger partial charge >= 0.3 is 6.03 Å². The van der Waals surface area contributed by atoms with Crippen LogP contribution in [0.15, 0.2) is 90.5 Å². The zero-order chi connectivity index (χ0) is 28.1. The number of fused-ring (bicyclic) bond motifs is 1. The summed E-state index contributed by atoms with van der Waals surface area (Å²) in [4.78, 5) is 39.8. The highest BCUT2D eigenvalue weighted by Gasteiger charge is 2.37. The summed E-state index contributed by atoms with van der Waals surface area (Å²) in [6, 6.07) is 24.7. The Morgan fingerprint density at radius 1 is 0.900 bits per heavy atom. The Labute approximate surface area is 237 Å². The zero-order valence-electron chi connectivity index (χ0n) is 21.9. The molecule has 1 aliphatic rings. The number of nitrogens with one attached hydrogen (secondary N) is 1. The van der Waals surface area contributed by atoms with Gasteiger partial charge in [0.25, 0.3) is 11.8 Å². The van der Waals surface area contributed by atoms with Crippen molar-refractivity contribution in [3.63, 3.8) is 0 Å². The number of carbonyl (C=O) groups is 3. The second-order valence-corrected chi connectivity index (χ2v) is 9.70. The first-order valence-corrected chi connectivity index (χ1v) is 13.4. The van der Waals surface area contributed by atoms with Gasteiger partial charge in [0.2, 0.25) is 0 Å². The lowest BCUT2D eigenvalue weighted by atomic mass is 10.0. The van der Waals surface area contributed by atoms with Crippen LogP contribution in [0.5, 0.6) is 11.5 Å². The molecule has 40 heavy (non-hydrogen) atoms. The van der Waals surface area contributed by atoms with Crippen molar-refractivity contribution in [2.24, 2.45) is 0 Å². The lowest BCUT2D eigenvalue weighted by molar-refractivity contribution is -0.122. The summed E-state index contributed by atoms with van der Waals surface area (Å²) < 4.78 is 11.8. The number of amides is 4. The number of anilines is 1. The summed E-state index contributed by atoms with van der Waals surface area (Å²) in [6.45, 7) is 2.91. The molecule has 1 fully saturated rings. The molecule has 0 saturated carbocycles. The van der Waals surface area contributed by atoms with E-state index >= 15 is 0 Å². The van der Waals surface area contributed by atoms with Crippen molar-refractivity contribution in [1.29, 1.82) is 0 Å². The molecule has 7 nitrogen and oxygen atoms in total. The van der Waals surface area contributed by atoms with Gasteiger partial charge in [-0.2, -0.15) is 0 Å². The predicted molar refractivity (Wildman–Crippen MR) is 156 cm³/mol. The zero-order valence-corrected chi connectivity index (χ0v) is 22.6. The molecule has 0 radical (unpaired) electrons. The van der Waals surface area contributed by atoms with E-state index < -0.39 is 17.8 Å². The van der Waals surface area contributed by atoms with Crippen LogP contribution in [0.2, 0.25) is 5.02 Å². The molecule has 202 valence electrons. The fourth-order valence-electron chi connectivity index (χ4n) is 4.41. The second kappa shape index (κ2) is 12.1. The van der Waals surface area contributed by atoms with Gasteiger partial charge < -0.3 is 9.47 Å². The van der Waals surface area contributed by atoms with Crippen LogP contribution in [0.3, 0.4) is 0 Å². The summed E-state index contributed by atoms with van der Waals surface area (Å²) in [5.41, 5.74) is 1.50. The first-order valence-electron chi connectivity index (χ1n) is 13.0. The molecule has 1 saturated heterocycles. The van der Waals surface area contributed by atoms with E-state index in [0.29, 0.717) is 34.4 Å². The highest BCUT2D eigenvalue weighted by Crippen LogP contribution is 2.30. The Bertz CT molecular complexity index is 1610. The SMILES string of the molecule is CCCCOc1ccc(N2C(=O)NC(=O)/C(=C/c3cc(Cl)ccc3OCc3cccc4ccccc34)C2=O)cc1. The maximum atomic E-state index is 13.4. The molecule has 5 rings (SSSR count). The van der Waals surface area contributed by atoms with Crippen molar-refractivity contribution in [3.05, 3.63) is 107 Å². The van der Waals surface area contributed by atoms with Crippen molar-refractivity contribution < 1.29 is 23.9 Å². The average Bonchev–Trinajstić information content (AvgIpc) is 2.95. The summed E-state index contributed by atoms with van der Waals surface area (Å²) in [5.74, 6) is -0.498. The van der Waals surface area contributed by atoms with Crippen LogP contribution >= 0.6 is 11.6 Å². The number of hydrogen-bond donors (Lipinski definition) is 1. The van der Waals surface area contributed by atoms with Crippen molar-refractivity contribution in [1.82, 2.24) is 5.32 Å². The van der Waals surface area contributed by atoms with Crippen LogP contribution < -0.4 is 19.7 Å². The predicted octanol–water partition coefficient (Wildman–Crippen LogP) is 6.92. The van der Waals surface area contributed by atoms with E-state index in [2.05, 4.69) is 12.2 Å². The number of halogens is 1. The fraction of sp³-hybridized carbons (Fsp3) is 0.156. The molecule has 0 aromatic heterocycles. The van der Waals surface area contributed by atoms with Gasteiger partial charge in [0.05, 0.1) is 12.3 Å². The van der Waals surface area contributed by atoms with Gasteiger partial charge in [-0.3, -0.25) is 14.9 Å². The number of urea groups is 1. The standard InChI is InChI=1S/C32H27ClN2O5/c1-2-3-17-39-26-14-12-25(13-15-26)35-31(37)28(30(36)34-32(35)38)19-23-18-24(33)11-16-29(23)40-20-22-9-6-8-21-7-4-5-10-27(21)22/h4-16,18-19H,2-3,17,20H2,1H3,(H,34,36,38)/b28-19-. The van der Waals surface area contributed by atoms with Gasteiger partial charge in [-0.25, -0.2) is 9.69 Å². The Balaban J connectivity index is 1.41. The molecule has 1 N–H and O–H groups in total. The van der Waals surface area contributed by atoms with Gasteiger partial charge in [0.1, 0.15) is 23.7 Å². The lowest BCUT2D eigenvalue weighted by Crippen LogP contribution is -2.54. The molecule has 0 unspecified atom stereocenters. The number of unbranched alkanes of at least 4 members (excludes halogenated alkanes) is 1. The van der Waals surface area contributed by atoms with Gasteiger partial charge in [0, 0.05) is 10.6 Å². The van der Waals surface area contributed by atoms with Crippen LogP contribution in [-0.2, 0) is 16.2 Å². The third-order valence-electron chi connectivity index (χ3n) is 6.50. The minimum absolute atomic E-state index is 0.222. The van der Waals surface area contributed by atoms with E-state index in [1.807, 2.05) is 42.5 Å². The number of nitrogens with zero attached hydrogens (tertiary/aromatic N) is 1. The molecule has 1 heterocycles. The number of benzene rings is 4. The second-order valence-electron chi connectivity index (χ2n) is 9.26. The monoisotopic (exact) mass is 554 g/mol. The molecule has 4 aromatic carbocycles. The van der Waals surface area contributed by atoms with Crippen LogP contribution in [0, 0.1) is 0 Å². The van der Waals surface area contributed by atoms with Crippen LogP contribution in [-0.4, -0.2) is 24.5 Å². The topological polar surface area (TPSA) is 84.9 Å². The van der Waals surface area contributed by atoms with Crippen LogP contribution in [0.1, 0.15) is 30.9 Å². The molecular formula is C32H27ClN2O5. The average molecular weight is 555 g/mol. The van der Waals surface area contributed by atoms with E-state index in [1.165, 1.54) is 6.08 Å². The number of rotatable bonds is 9. The normalized spacial score (nSPS) is 14.5. The summed E-state index contributed by atoms with van der Waals surface area (Å²) >= 11 is 6.26. The molecule has 0 spiro atoms. The largest absolute Gasteiger partial charge is 0.494 e. The highest BCUT2D eigenvalue weighted by atomic mass is 35.5. The van der Waals surface area contributed by atoms with Gasteiger partial charge in [0.15, 0.2) is 0 Å². The minimum Gasteiger partial charge on any atom is -0.494 e. The van der Waals surface area contributed by atoms with Crippen LogP contribution in [0.4, 0.5) is 10.5 Å². The highest BCUT2D eigenvalue weighted by molar-refractivity contribution is 6.39. The quantitative estimate of drug-likeness (QED) is 0.138. The molecule has 4 amide bonds. The van der Waals surface area contributed by atoms with Gasteiger partial charge in [-0.15, -0.1) is 0 Å². The molecule has 1 aliphatic heterocycles. The Hall–Kier alpha value is -4.62. The first-order chi connectivity index (χ1) is 19.4. The van der Waals surface area contributed by atoms with E-state index in [0.717, 1.165) is 34.1 Å². The Morgan fingerprint density at radius 2 is 1.68 bits per heavy atom. The summed E-state index contributed by atoms with van der Waals surface area (Å²) in [5, 5.41) is 4.81. The van der Waals surface area contributed by atoms with E-state index in [-0.39, 0.29) is 12.2 Å². The lowest BCUT2D eigenvalue weighted by Gasteiger charge is -2.26. The van der Waals surface area contributed by atoms with E-state index in [9.17, 15) is 14.4 Å². The smallest absolute Gasteiger partial charge is 0.335 e. The molecule has 4 aromatic rings.